The molecule has 2 aromatic heterocycles. The number of nitrogens with one attached hydrogen (secondary N) is 2. The monoisotopic (exact) mass is 442 g/mol. The maximum Gasteiger partial charge on any atom is 0.289 e. The number of anilines is 1. The standard InChI is InChI=1S/C19H22N8O3S/c28-16(7-4-8-27-24-17(22-25-27)14-5-2-1-3-6-14)21-23-18(29)15-13-31-19(20-15)26-9-11-30-12-10-26/h1-3,5-6,13H,4,7-12H2,(H,21,28)(H,23,29). The summed E-state index contributed by atoms with van der Waals surface area (Å²) in [5.41, 5.74) is 5.97. The first-order valence-electron chi connectivity index (χ1n) is 9.90. The SMILES string of the molecule is O=C(CCCn1nnc(-c2ccccc2)n1)NNC(=O)c1csc(N2CCOCC2)n1. The van der Waals surface area contributed by atoms with Crippen molar-refractivity contribution in [2.75, 3.05) is 31.2 Å². The lowest BCUT2D eigenvalue weighted by atomic mass is 10.2. The van der Waals surface area contributed by atoms with E-state index >= 15 is 0 Å². The fourth-order valence-corrected chi connectivity index (χ4v) is 3.80. The van der Waals surface area contributed by atoms with Gasteiger partial charge in [0.2, 0.25) is 11.7 Å². The third-order valence-electron chi connectivity index (χ3n) is 4.57. The Morgan fingerprint density at radius 2 is 1.94 bits per heavy atom. The Balaban J connectivity index is 1.18. The number of aromatic nitrogens is 5. The Morgan fingerprint density at radius 1 is 1.13 bits per heavy atom. The highest BCUT2D eigenvalue weighted by Gasteiger charge is 2.17. The number of hydrogen-bond acceptors (Lipinski definition) is 9. The fourth-order valence-electron chi connectivity index (χ4n) is 2.94. The van der Waals surface area contributed by atoms with Gasteiger partial charge >= 0.3 is 0 Å². The summed E-state index contributed by atoms with van der Waals surface area (Å²) in [6.07, 6.45) is 0.711. The Bertz CT molecular complexity index is 1020. The molecule has 3 heterocycles. The molecule has 0 saturated carbocycles. The van der Waals surface area contributed by atoms with Gasteiger partial charge in [-0.2, -0.15) is 4.80 Å². The average Bonchev–Trinajstić information content (AvgIpc) is 3.49. The van der Waals surface area contributed by atoms with E-state index in [1.807, 2.05) is 30.3 Å². The molecule has 0 aliphatic carbocycles. The molecule has 0 unspecified atom stereocenters. The van der Waals surface area contributed by atoms with Gasteiger partial charge in [0.15, 0.2) is 5.13 Å². The predicted molar refractivity (Wildman–Crippen MR) is 113 cm³/mol. The van der Waals surface area contributed by atoms with Crippen molar-refractivity contribution >= 4 is 28.3 Å². The van der Waals surface area contributed by atoms with Crippen LogP contribution < -0.4 is 15.8 Å². The third-order valence-corrected chi connectivity index (χ3v) is 5.47. The Labute approximate surface area is 182 Å². The summed E-state index contributed by atoms with van der Waals surface area (Å²) in [6.45, 7) is 3.23. The van der Waals surface area contributed by atoms with Crippen molar-refractivity contribution in [3.05, 3.63) is 41.4 Å². The summed E-state index contributed by atoms with van der Waals surface area (Å²) in [7, 11) is 0. The summed E-state index contributed by atoms with van der Waals surface area (Å²) in [5, 5.41) is 14.8. The largest absolute Gasteiger partial charge is 0.378 e. The van der Waals surface area contributed by atoms with E-state index < -0.39 is 5.91 Å². The van der Waals surface area contributed by atoms with Crippen LogP contribution in [0.4, 0.5) is 5.13 Å². The zero-order chi connectivity index (χ0) is 21.5. The second-order valence-electron chi connectivity index (χ2n) is 6.80. The molecule has 2 N–H and O–H groups in total. The minimum atomic E-state index is -0.449. The quantitative estimate of drug-likeness (QED) is 0.516. The molecule has 1 aliphatic rings. The van der Waals surface area contributed by atoms with Gasteiger partial charge in [-0.25, -0.2) is 4.98 Å². The third kappa shape index (κ3) is 5.61. The molecular weight excluding hydrogens is 420 g/mol. The summed E-state index contributed by atoms with van der Waals surface area (Å²) < 4.78 is 5.32. The van der Waals surface area contributed by atoms with Gasteiger partial charge in [-0.15, -0.1) is 21.5 Å². The number of benzene rings is 1. The van der Waals surface area contributed by atoms with E-state index in [1.165, 1.54) is 16.1 Å². The first-order chi connectivity index (χ1) is 15.2. The fraction of sp³-hybridized carbons (Fsp3) is 0.368. The van der Waals surface area contributed by atoms with E-state index in [4.69, 9.17) is 4.74 Å². The maximum atomic E-state index is 12.2. The molecule has 0 radical (unpaired) electrons. The first kappa shape index (κ1) is 20.9. The molecule has 0 spiro atoms. The van der Waals surface area contributed by atoms with Crippen LogP contribution in [-0.2, 0) is 16.1 Å². The highest BCUT2D eigenvalue weighted by Crippen LogP contribution is 2.21. The zero-order valence-electron chi connectivity index (χ0n) is 16.7. The van der Waals surface area contributed by atoms with Crippen molar-refractivity contribution in [2.24, 2.45) is 0 Å². The maximum absolute atomic E-state index is 12.2. The lowest BCUT2D eigenvalue weighted by Gasteiger charge is -2.25. The smallest absolute Gasteiger partial charge is 0.289 e. The minimum absolute atomic E-state index is 0.207. The normalized spacial score (nSPS) is 13.7. The number of amides is 2. The van der Waals surface area contributed by atoms with Gasteiger partial charge in [-0.1, -0.05) is 30.3 Å². The Morgan fingerprint density at radius 3 is 2.74 bits per heavy atom. The van der Waals surface area contributed by atoms with Gasteiger partial charge < -0.3 is 9.64 Å². The zero-order valence-corrected chi connectivity index (χ0v) is 17.5. The molecule has 1 saturated heterocycles. The summed E-state index contributed by atoms with van der Waals surface area (Å²) >= 11 is 1.39. The molecule has 12 heteroatoms. The molecular formula is C19H22N8O3S. The molecule has 1 aromatic carbocycles. The van der Waals surface area contributed by atoms with Crippen LogP contribution in [0.1, 0.15) is 23.3 Å². The van der Waals surface area contributed by atoms with Gasteiger partial charge in [0.1, 0.15) is 5.69 Å². The van der Waals surface area contributed by atoms with Crippen LogP contribution in [0, 0.1) is 0 Å². The van der Waals surface area contributed by atoms with E-state index in [0.29, 0.717) is 32.0 Å². The lowest BCUT2D eigenvalue weighted by Crippen LogP contribution is -2.41. The highest BCUT2D eigenvalue weighted by molar-refractivity contribution is 7.13. The molecule has 2 amide bonds. The van der Waals surface area contributed by atoms with Crippen LogP contribution in [-0.4, -0.2) is 63.3 Å². The molecule has 0 atom stereocenters. The first-order valence-corrected chi connectivity index (χ1v) is 10.8. The number of tetrazole rings is 1. The minimum Gasteiger partial charge on any atom is -0.378 e. The van der Waals surface area contributed by atoms with Crippen LogP contribution in [0.2, 0.25) is 0 Å². The number of carbonyl (C=O) groups excluding carboxylic acids is 2. The number of aryl methyl sites for hydroxylation is 1. The number of carbonyl (C=O) groups is 2. The van der Waals surface area contributed by atoms with Crippen molar-refractivity contribution in [1.82, 2.24) is 36.0 Å². The Hall–Kier alpha value is -3.38. The van der Waals surface area contributed by atoms with Crippen molar-refractivity contribution in [1.29, 1.82) is 0 Å². The van der Waals surface area contributed by atoms with Gasteiger partial charge in [-0.05, 0) is 11.6 Å². The molecule has 4 rings (SSSR count). The number of hydrazine groups is 1. The molecule has 1 aliphatic heterocycles. The topological polar surface area (TPSA) is 127 Å². The van der Waals surface area contributed by atoms with Crippen LogP contribution in [0.3, 0.4) is 0 Å². The van der Waals surface area contributed by atoms with E-state index in [0.717, 1.165) is 23.8 Å². The Kier molecular flexibility index (Phi) is 6.79. The number of thiazole rings is 1. The molecule has 162 valence electrons. The number of morpholine rings is 1. The van der Waals surface area contributed by atoms with Crippen molar-refractivity contribution < 1.29 is 14.3 Å². The van der Waals surface area contributed by atoms with E-state index in [9.17, 15) is 9.59 Å². The molecule has 0 bridgehead atoms. The van der Waals surface area contributed by atoms with E-state index in [-0.39, 0.29) is 18.0 Å². The molecule has 31 heavy (non-hydrogen) atoms. The number of nitrogens with zero attached hydrogens (tertiary/aromatic N) is 6. The number of ether oxygens (including phenoxy) is 1. The lowest BCUT2D eigenvalue weighted by molar-refractivity contribution is -0.122. The molecule has 3 aromatic rings. The second-order valence-corrected chi connectivity index (χ2v) is 7.63. The highest BCUT2D eigenvalue weighted by atomic mass is 32.1. The van der Waals surface area contributed by atoms with E-state index in [2.05, 4.69) is 36.1 Å². The van der Waals surface area contributed by atoms with E-state index in [1.54, 1.807) is 5.38 Å². The summed E-state index contributed by atoms with van der Waals surface area (Å²) in [4.78, 5) is 32.1. The number of hydrogen-bond donors (Lipinski definition) is 2. The van der Waals surface area contributed by atoms with Crippen molar-refractivity contribution in [2.45, 2.75) is 19.4 Å². The van der Waals surface area contributed by atoms with Gasteiger partial charge in [0.25, 0.3) is 5.91 Å². The van der Waals surface area contributed by atoms with Crippen LogP contribution >= 0.6 is 11.3 Å². The summed E-state index contributed by atoms with van der Waals surface area (Å²) in [6, 6.07) is 9.55. The van der Waals surface area contributed by atoms with Crippen LogP contribution in [0.5, 0.6) is 0 Å². The molecule has 1 fully saturated rings. The second kappa shape index (κ2) is 10.1. The number of rotatable bonds is 7. The van der Waals surface area contributed by atoms with Crippen molar-refractivity contribution in [3.63, 3.8) is 0 Å². The van der Waals surface area contributed by atoms with Crippen molar-refractivity contribution in [3.8, 4) is 11.4 Å². The van der Waals surface area contributed by atoms with Crippen LogP contribution in [0.25, 0.3) is 11.4 Å². The predicted octanol–water partition coefficient (Wildman–Crippen LogP) is 0.875. The van der Waals surface area contributed by atoms with Gasteiger partial charge in [0.05, 0.1) is 19.8 Å². The summed E-state index contributed by atoms with van der Waals surface area (Å²) in [5.74, 6) is -0.216. The molecule has 11 nitrogen and oxygen atoms in total. The van der Waals surface area contributed by atoms with Gasteiger partial charge in [0, 0.05) is 30.5 Å². The average molecular weight is 443 g/mol. The van der Waals surface area contributed by atoms with Gasteiger partial charge in [-0.3, -0.25) is 20.4 Å². The van der Waals surface area contributed by atoms with Crippen LogP contribution in [0.15, 0.2) is 35.7 Å².